The number of nitrogens with zero attached hydrogens (tertiary/aromatic N) is 1. The predicted octanol–water partition coefficient (Wildman–Crippen LogP) is 4.46. The SMILES string of the molecule is CCCCNc1nc(C(F)(F)F)ccc1/C=C/C(=O)NCc1cc(C)c(NS(C)(=O)=O)c(F)c1. The number of carbonyl (C=O) groups excluding carboxylic acids is 1. The molecule has 7 nitrogen and oxygen atoms in total. The fourth-order valence-corrected chi connectivity index (χ4v) is 3.56. The van der Waals surface area contributed by atoms with Crippen LogP contribution in [0.2, 0.25) is 0 Å². The number of rotatable bonds is 10. The molecule has 0 unspecified atom stereocenters. The lowest BCUT2D eigenvalue weighted by molar-refractivity contribution is -0.141. The molecule has 34 heavy (non-hydrogen) atoms. The van der Waals surface area contributed by atoms with Gasteiger partial charge in [0, 0.05) is 24.7 Å². The van der Waals surface area contributed by atoms with Gasteiger partial charge in [-0.2, -0.15) is 13.2 Å². The highest BCUT2D eigenvalue weighted by Gasteiger charge is 2.32. The summed E-state index contributed by atoms with van der Waals surface area (Å²) in [4.78, 5) is 15.8. The topological polar surface area (TPSA) is 100 Å². The van der Waals surface area contributed by atoms with Gasteiger partial charge in [0.1, 0.15) is 17.3 Å². The van der Waals surface area contributed by atoms with Crippen molar-refractivity contribution < 1.29 is 30.8 Å². The van der Waals surface area contributed by atoms with Crippen LogP contribution in [0.25, 0.3) is 6.08 Å². The first-order chi connectivity index (χ1) is 15.8. The quantitative estimate of drug-likeness (QED) is 0.253. The predicted molar refractivity (Wildman–Crippen MR) is 123 cm³/mol. The monoisotopic (exact) mass is 502 g/mol. The summed E-state index contributed by atoms with van der Waals surface area (Å²) in [6, 6.07) is 4.68. The Labute approximate surface area is 195 Å². The number of aromatic nitrogens is 1. The Morgan fingerprint density at radius 3 is 2.50 bits per heavy atom. The third kappa shape index (κ3) is 8.32. The van der Waals surface area contributed by atoms with Gasteiger partial charge in [-0.05, 0) is 48.7 Å². The molecule has 1 heterocycles. The Morgan fingerprint density at radius 2 is 1.91 bits per heavy atom. The highest BCUT2D eigenvalue weighted by molar-refractivity contribution is 7.92. The largest absolute Gasteiger partial charge is 0.433 e. The van der Waals surface area contributed by atoms with E-state index >= 15 is 0 Å². The number of benzene rings is 1. The number of alkyl halides is 3. The summed E-state index contributed by atoms with van der Waals surface area (Å²) in [6.07, 6.45) is 0.352. The molecule has 1 amide bonds. The number of aryl methyl sites for hydroxylation is 1. The summed E-state index contributed by atoms with van der Waals surface area (Å²) in [5.74, 6) is -1.33. The molecule has 0 aliphatic heterocycles. The summed E-state index contributed by atoms with van der Waals surface area (Å²) >= 11 is 0. The van der Waals surface area contributed by atoms with Gasteiger partial charge in [-0.3, -0.25) is 9.52 Å². The van der Waals surface area contributed by atoms with Crippen LogP contribution in [0.5, 0.6) is 0 Å². The number of halogens is 4. The minimum atomic E-state index is -4.60. The third-order valence-corrected chi connectivity index (χ3v) is 5.13. The second-order valence-corrected chi connectivity index (χ2v) is 9.36. The van der Waals surface area contributed by atoms with Crippen LogP contribution in [-0.2, 0) is 27.5 Å². The fourth-order valence-electron chi connectivity index (χ4n) is 2.93. The summed E-state index contributed by atoms with van der Waals surface area (Å²) < 4.78 is 78.1. The first kappa shape index (κ1) is 27.1. The molecule has 186 valence electrons. The average Bonchev–Trinajstić information content (AvgIpc) is 2.72. The third-order valence-electron chi connectivity index (χ3n) is 4.56. The molecule has 12 heteroatoms. The van der Waals surface area contributed by atoms with Gasteiger partial charge in [0.25, 0.3) is 0 Å². The van der Waals surface area contributed by atoms with Gasteiger partial charge < -0.3 is 10.6 Å². The van der Waals surface area contributed by atoms with Crippen molar-refractivity contribution in [3.05, 3.63) is 58.5 Å². The average molecular weight is 503 g/mol. The van der Waals surface area contributed by atoms with Crippen molar-refractivity contribution in [3.63, 3.8) is 0 Å². The van der Waals surface area contributed by atoms with E-state index in [1.807, 2.05) is 6.92 Å². The van der Waals surface area contributed by atoms with Crippen LogP contribution in [0.4, 0.5) is 29.1 Å². The molecule has 0 spiro atoms. The van der Waals surface area contributed by atoms with Crippen molar-refractivity contribution in [2.24, 2.45) is 0 Å². The van der Waals surface area contributed by atoms with Gasteiger partial charge in [0.2, 0.25) is 15.9 Å². The maximum atomic E-state index is 14.3. The van der Waals surface area contributed by atoms with E-state index in [1.54, 1.807) is 0 Å². The van der Waals surface area contributed by atoms with Crippen LogP contribution in [0.1, 0.15) is 42.1 Å². The number of unbranched alkanes of at least 4 members (excludes halogenated alkanes) is 1. The zero-order valence-corrected chi connectivity index (χ0v) is 19.7. The molecule has 0 bridgehead atoms. The maximum absolute atomic E-state index is 14.3. The van der Waals surface area contributed by atoms with Gasteiger partial charge in [-0.15, -0.1) is 0 Å². The van der Waals surface area contributed by atoms with Crippen molar-refractivity contribution in [3.8, 4) is 0 Å². The van der Waals surface area contributed by atoms with Crippen LogP contribution in [0, 0.1) is 12.7 Å². The first-order valence-electron chi connectivity index (χ1n) is 10.3. The van der Waals surface area contributed by atoms with Crippen molar-refractivity contribution >= 4 is 33.5 Å². The van der Waals surface area contributed by atoms with Gasteiger partial charge in [0.05, 0.1) is 11.9 Å². The summed E-state index contributed by atoms with van der Waals surface area (Å²) in [6.45, 7) is 3.84. The molecule has 2 aromatic rings. The van der Waals surface area contributed by atoms with Crippen molar-refractivity contribution in [1.29, 1.82) is 0 Å². The van der Waals surface area contributed by atoms with Gasteiger partial charge >= 0.3 is 6.18 Å². The van der Waals surface area contributed by atoms with E-state index in [2.05, 4.69) is 20.3 Å². The number of carbonyl (C=O) groups is 1. The highest BCUT2D eigenvalue weighted by Crippen LogP contribution is 2.30. The number of hydrogen-bond acceptors (Lipinski definition) is 5. The van der Waals surface area contributed by atoms with Crippen molar-refractivity contribution in [1.82, 2.24) is 10.3 Å². The lowest BCUT2D eigenvalue weighted by Crippen LogP contribution is -2.21. The van der Waals surface area contributed by atoms with E-state index in [4.69, 9.17) is 0 Å². The molecule has 2 rings (SSSR count). The second-order valence-electron chi connectivity index (χ2n) is 7.61. The van der Waals surface area contributed by atoms with Crippen molar-refractivity contribution in [2.45, 2.75) is 39.4 Å². The Balaban J connectivity index is 2.11. The molecule has 1 aromatic heterocycles. The molecule has 0 radical (unpaired) electrons. The number of amides is 1. The van der Waals surface area contributed by atoms with Crippen molar-refractivity contribution in [2.75, 3.05) is 22.8 Å². The molecular formula is C22H26F4N4O3S. The normalized spacial score (nSPS) is 12.1. The molecule has 0 aliphatic carbocycles. The van der Waals surface area contributed by atoms with Crippen LogP contribution in [-0.4, -0.2) is 32.1 Å². The maximum Gasteiger partial charge on any atom is 0.433 e. The van der Waals surface area contributed by atoms with E-state index in [0.717, 1.165) is 37.3 Å². The second kappa shape index (κ2) is 11.3. The summed E-state index contributed by atoms with van der Waals surface area (Å²) in [5, 5.41) is 5.40. The highest BCUT2D eigenvalue weighted by atomic mass is 32.2. The molecule has 0 saturated carbocycles. The zero-order valence-electron chi connectivity index (χ0n) is 18.9. The number of hydrogen-bond donors (Lipinski definition) is 3. The first-order valence-corrected chi connectivity index (χ1v) is 12.2. The molecule has 0 atom stereocenters. The Kier molecular flexibility index (Phi) is 9.02. The smallest absolute Gasteiger partial charge is 0.370 e. The molecular weight excluding hydrogens is 476 g/mol. The van der Waals surface area contributed by atoms with Crippen LogP contribution in [0.15, 0.2) is 30.3 Å². The van der Waals surface area contributed by atoms with Crippen LogP contribution in [0.3, 0.4) is 0 Å². The summed E-state index contributed by atoms with van der Waals surface area (Å²) in [5.41, 5.74) is -0.176. The lowest BCUT2D eigenvalue weighted by atomic mass is 10.1. The van der Waals surface area contributed by atoms with Crippen LogP contribution < -0.4 is 15.4 Å². The van der Waals surface area contributed by atoms with E-state index in [1.165, 1.54) is 25.1 Å². The van der Waals surface area contributed by atoms with E-state index < -0.39 is 33.6 Å². The van der Waals surface area contributed by atoms with Gasteiger partial charge in [0.15, 0.2) is 0 Å². The number of nitrogens with one attached hydrogen (secondary N) is 3. The molecule has 0 saturated heterocycles. The Hall–Kier alpha value is -3.15. The zero-order chi connectivity index (χ0) is 25.5. The van der Waals surface area contributed by atoms with E-state index in [9.17, 15) is 30.8 Å². The fraction of sp³-hybridized carbons (Fsp3) is 0.364. The number of anilines is 2. The number of pyridine rings is 1. The Morgan fingerprint density at radius 1 is 1.21 bits per heavy atom. The number of sulfonamides is 1. The molecule has 0 aliphatic rings. The molecule has 0 fully saturated rings. The molecule has 1 aromatic carbocycles. The Bertz CT molecular complexity index is 1140. The van der Waals surface area contributed by atoms with E-state index in [0.29, 0.717) is 23.2 Å². The minimum absolute atomic E-state index is 0.0130. The molecule has 3 N–H and O–H groups in total. The van der Waals surface area contributed by atoms with Gasteiger partial charge in [-0.1, -0.05) is 19.4 Å². The van der Waals surface area contributed by atoms with Gasteiger partial charge in [-0.25, -0.2) is 17.8 Å². The standard InChI is InChI=1S/C22H26F4N4O3S/c1-4-5-10-27-21-16(6-8-18(29-21)22(24,25)26)7-9-19(31)28-13-15-11-14(2)20(17(23)12-15)30-34(3,32)33/h6-9,11-12,30H,4-5,10,13H2,1-3H3,(H,27,29)(H,28,31)/b9-7+. The minimum Gasteiger partial charge on any atom is -0.370 e. The van der Waals surface area contributed by atoms with Crippen LogP contribution >= 0.6 is 0 Å². The lowest BCUT2D eigenvalue weighted by Gasteiger charge is -2.12. The summed E-state index contributed by atoms with van der Waals surface area (Å²) in [7, 11) is -3.66. The van der Waals surface area contributed by atoms with E-state index in [-0.39, 0.29) is 18.1 Å².